The SMILES string of the molecule is CC1C(CSc2ncccn2)OC(c2ccc(CN3C(=O)c4ccccc4C3=O)cc2)OC1c1ccc(CO)cc1. The van der Waals surface area contributed by atoms with Crippen molar-refractivity contribution in [3.63, 3.8) is 0 Å². The minimum absolute atomic E-state index is 0.0174. The van der Waals surface area contributed by atoms with Gasteiger partial charge in [-0.05, 0) is 34.9 Å². The average Bonchev–Trinajstić information content (AvgIpc) is 3.26. The zero-order valence-corrected chi connectivity index (χ0v) is 23.2. The number of hydrogen-bond donors (Lipinski definition) is 1. The summed E-state index contributed by atoms with van der Waals surface area (Å²) in [6, 6.07) is 24.1. The lowest BCUT2D eigenvalue weighted by Crippen LogP contribution is -2.38. The van der Waals surface area contributed by atoms with Gasteiger partial charge in [0.1, 0.15) is 0 Å². The third kappa shape index (κ3) is 5.67. The maximum absolute atomic E-state index is 12.8. The summed E-state index contributed by atoms with van der Waals surface area (Å²) in [5.41, 5.74) is 4.40. The van der Waals surface area contributed by atoms with Crippen molar-refractivity contribution in [2.24, 2.45) is 5.92 Å². The molecule has 1 N–H and O–H groups in total. The van der Waals surface area contributed by atoms with Gasteiger partial charge >= 0.3 is 0 Å². The number of ether oxygens (including phenoxy) is 2. The van der Waals surface area contributed by atoms with E-state index < -0.39 is 6.29 Å². The number of carbonyl (C=O) groups is 2. The number of hydrogen-bond acceptors (Lipinski definition) is 8. The molecule has 2 aliphatic heterocycles. The monoisotopic (exact) mass is 567 g/mol. The predicted octanol–water partition coefficient (Wildman–Crippen LogP) is 5.35. The number of fused-ring (bicyclic) bond motifs is 1. The van der Waals surface area contributed by atoms with Crippen molar-refractivity contribution in [2.75, 3.05) is 5.75 Å². The normalized spacial score (nSPS) is 22.1. The Morgan fingerprint density at radius 2 is 1.41 bits per heavy atom. The van der Waals surface area contributed by atoms with Gasteiger partial charge in [-0.2, -0.15) is 0 Å². The Balaban J connectivity index is 1.21. The highest BCUT2D eigenvalue weighted by Crippen LogP contribution is 2.43. The highest BCUT2D eigenvalue weighted by molar-refractivity contribution is 7.99. The van der Waals surface area contributed by atoms with Crippen molar-refractivity contribution in [1.29, 1.82) is 0 Å². The molecule has 8 nitrogen and oxygen atoms in total. The molecule has 4 aromatic rings. The first-order chi connectivity index (χ1) is 20.0. The lowest BCUT2D eigenvalue weighted by atomic mass is 9.91. The Morgan fingerprint density at radius 3 is 2.05 bits per heavy atom. The van der Waals surface area contributed by atoms with E-state index in [0.29, 0.717) is 22.0 Å². The lowest BCUT2D eigenvalue weighted by Gasteiger charge is -2.41. The molecule has 3 aromatic carbocycles. The molecule has 1 saturated heterocycles. The summed E-state index contributed by atoms with van der Waals surface area (Å²) in [5.74, 6) is 0.130. The van der Waals surface area contributed by atoms with Crippen LogP contribution in [0.25, 0.3) is 0 Å². The molecule has 1 fully saturated rings. The number of rotatable bonds is 8. The van der Waals surface area contributed by atoms with E-state index in [1.807, 2.05) is 48.5 Å². The van der Waals surface area contributed by atoms with Gasteiger partial charge in [0.15, 0.2) is 11.4 Å². The quantitative estimate of drug-likeness (QED) is 0.173. The van der Waals surface area contributed by atoms with Crippen LogP contribution in [0.2, 0.25) is 0 Å². The summed E-state index contributed by atoms with van der Waals surface area (Å²) in [6.45, 7) is 2.28. The van der Waals surface area contributed by atoms with Crippen LogP contribution in [-0.4, -0.2) is 43.6 Å². The number of benzene rings is 3. The minimum atomic E-state index is -0.621. The Morgan fingerprint density at radius 1 is 0.805 bits per heavy atom. The highest BCUT2D eigenvalue weighted by atomic mass is 32.2. The number of aromatic nitrogens is 2. The summed E-state index contributed by atoms with van der Waals surface area (Å²) in [4.78, 5) is 35.5. The molecule has 0 radical (unpaired) electrons. The summed E-state index contributed by atoms with van der Waals surface area (Å²) < 4.78 is 13.0. The summed E-state index contributed by atoms with van der Waals surface area (Å²) in [5, 5.41) is 10.2. The zero-order valence-electron chi connectivity index (χ0n) is 22.4. The van der Waals surface area contributed by atoms with Crippen LogP contribution in [0.4, 0.5) is 0 Å². The number of aliphatic hydroxyl groups excluding tert-OH is 1. The van der Waals surface area contributed by atoms with E-state index in [4.69, 9.17) is 9.47 Å². The van der Waals surface area contributed by atoms with Crippen molar-refractivity contribution in [3.8, 4) is 0 Å². The van der Waals surface area contributed by atoms with Crippen LogP contribution in [0.15, 0.2) is 96.4 Å². The average molecular weight is 568 g/mol. The van der Waals surface area contributed by atoms with Crippen molar-refractivity contribution in [3.05, 3.63) is 125 Å². The Bertz CT molecular complexity index is 1500. The Kier molecular flexibility index (Phi) is 7.93. The molecule has 0 spiro atoms. The molecule has 6 rings (SSSR count). The molecule has 208 valence electrons. The molecule has 0 bridgehead atoms. The van der Waals surface area contributed by atoms with Crippen molar-refractivity contribution >= 4 is 23.6 Å². The van der Waals surface area contributed by atoms with E-state index in [-0.39, 0.29) is 43.1 Å². The highest BCUT2D eigenvalue weighted by Gasteiger charge is 2.39. The molecule has 4 atom stereocenters. The second-order valence-electron chi connectivity index (χ2n) is 10.1. The summed E-state index contributed by atoms with van der Waals surface area (Å²) >= 11 is 1.54. The molecule has 2 amide bonds. The summed E-state index contributed by atoms with van der Waals surface area (Å²) in [6.07, 6.45) is 2.44. The van der Waals surface area contributed by atoms with Crippen LogP contribution in [0.1, 0.15) is 62.3 Å². The third-order valence-corrected chi connectivity index (χ3v) is 8.48. The standard InChI is InChI=1S/C32H29N3O5S/c1-20-27(19-41-32-33-15-4-16-34-32)39-31(40-28(20)23-11-9-22(18-36)10-12-23)24-13-7-21(8-14-24)17-35-29(37)25-5-2-3-6-26(25)30(35)38/h2-16,20,27-28,31,36H,17-19H2,1H3. The largest absolute Gasteiger partial charge is 0.392 e. The van der Waals surface area contributed by atoms with Crippen LogP contribution in [0.3, 0.4) is 0 Å². The van der Waals surface area contributed by atoms with Crippen molar-refractivity contribution < 1.29 is 24.2 Å². The van der Waals surface area contributed by atoms with Crippen LogP contribution in [0.5, 0.6) is 0 Å². The lowest BCUT2D eigenvalue weighted by molar-refractivity contribution is -0.268. The minimum Gasteiger partial charge on any atom is -0.392 e. The smallest absolute Gasteiger partial charge is 0.261 e. The predicted molar refractivity (Wildman–Crippen MR) is 153 cm³/mol. The fourth-order valence-corrected chi connectivity index (χ4v) is 6.14. The van der Waals surface area contributed by atoms with Crippen molar-refractivity contribution in [1.82, 2.24) is 14.9 Å². The number of imide groups is 1. The van der Waals surface area contributed by atoms with E-state index in [9.17, 15) is 14.7 Å². The van der Waals surface area contributed by atoms with E-state index in [2.05, 4.69) is 16.9 Å². The molecule has 0 saturated carbocycles. The number of aliphatic hydroxyl groups is 1. The number of nitrogens with zero attached hydrogens (tertiary/aromatic N) is 3. The number of thioether (sulfide) groups is 1. The second kappa shape index (κ2) is 11.9. The number of carbonyl (C=O) groups excluding carboxylic acids is 2. The van der Waals surface area contributed by atoms with E-state index in [1.54, 1.807) is 54.5 Å². The van der Waals surface area contributed by atoms with Gasteiger partial charge < -0.3 is 14.6 Å². The first-order valence-electron chi connectivity index (χ1n) is 13.5. The Hall–Kier alpha value is -3.89. The van der Waals surface area contributed by atoms with Gasteiger partial charge in [-0.15, -0.1) is 0 Å². The van der Waals surface area contributed by atoms with Crippen molar-refractivity contribution in [2.45, 2.75) is 43.7 Å². The molecule has 3 heterocycles. The van der Waals surface area contributed by atoms with Gasteiger partial charge in [0.05, 0.1) is 36.5 Å². The molecule has 9 heteroatoms. The van der Waals surface area contributed by atoms with Gasteiger partial charge in [-0.25, -0.2) is 9.97 Å². The third-order valence-electron chi connectivity index (χ3n) is 7.51. The first-order valence-corrected chi connectivity index (χ1v) is 14.4. The fourth-order valence-electron chi connectivity index (χ4n) is 5.17. The first kappa shape index (κ1) is 27.3. The molecular formula is C32H29N3O5S. The second-order valence-corrected chi connectivity index (χ2v) is 11.1. The zero-order chi connectivity index (χ0) is 28.3. The molecule has 1 aromatic heterocycles. The fraction of sp³-hybridized carbons (Fsp3) is 0.250. The molecule has 4 unspecified atom stereocenters. The molecular weight excluding hydrogens is 538 g/mol. The van der Waals surface area contributed by atoms with Crippen LogP contribution in [-0.2, 0) is 22.6 Å². The van der Waals surface area contributed by atoms with E-state index >= 15 is 0 Å². The maximum Gasteiger partial charge on any atom is 0.261 e. The Labute approximate surface area is 242 Å². The number of amides is 2. The van der Waals surface area contributed by atoms with Crippen LogP contribution < -0.4 is 0 Å². The summed E-state index contributed by atoms with van der Waals surface area (Å²) in [7, 11) is 0. The van der Waals surface area contributed by atoms with Gasteiger partial charge in [0, 0.05) is 29.6 Å². The molecule has 41 heavy (non-hydrogen) atoms. The molecule has 0 aliphatic carbocycles. The van der Waals surface area contributed by atoms with Crippen LogP contribution >= 0.6 is 11.8 Å². The van der Waals surface area contributed by atoms with Gasteiger partial charge in [0.2, 0.25) is 0 Å². The van der Waals surface area contributed by atoms with E-state index in [1.165, 1.54) is 4.90 Å². The van der Waals surface area contributed by atoms with Gasteiger partial charge in [-0.1, -0.05) is 79.3 Å². The maximum atomic E-state index is 12.8. The van der Waals surface area contributed by atoms with Gasteiger partial charge in [0.25, 0.3) is 11.8 Å². The van der Waals surface area contributed by atoms with Gasteiger partial charge in [-0.3, -0.25) is 14.5 Å². The van der Waals surface area contributed by atoms with E-state index in [0.717, 1.165) is 22.3 Å². The topological polar surface area (TPSA) is 102 Å². The van der Waals surface area contributed by atoms with Crippen LogP contribution in [0, 0.1) is 5.92 Å². The molecule has 2 aliphatic rings.